The van der Waals surface area contributed by atoms with Crippen molar-refractivity contribution in [3.63, 3.8) is 0 Å². The van der Waals surface area contributed by atoms with Crippen LogP contribution in [0.4, 0.5) is 0 Å². The van der Waals surface area contributed by atoms with Gasteiger partial charge in [-0.1, -0.05) is 18.2 Å². The van der Waals surface area contributed by atoms with Crippen LogP contribution in [0.5, 0.6) is 0 Å². The van der Waals surface area contributed by atoms with E-state index >= 15 is 0 Å². The van der Waals surface area contributed by atoms with Crippen LogP contribution < -0.4 is 0 Å². The standard InChI is InChI=1S/C13H15NO4S/c1-17-10(15)8-14-12(16)11(13(14)18-2)19-9-6-4-3-5-7-9/h3-7,11,13H,8H2,1-2H3. The largest absolute Gasteiger partial charge is 0.468 e. The second-order valence-corrected chi connectivity index (χ2v) is 5.24. The third-order valence-electron chi connectivity index (χ3n) is 2.87. The van der Waals surface area contributed by atoms with Gasteiger partial charge in [-0.25, -0.2) is 0 Å². The van der Waals surface area contributed by atoms with Gasteiger partial charge >= 0.3 is 5.97 Å². The summed E-state index contributed by atoms with van der Waals surface area (Å²) in [5.74, 6) is -0.551. The van der Waals surface area contributed by atoms with Crippen molar-refractivity contribution in [3.8, 4) is 0 Å². The molecule has 0 N–H and O–H groups in total. The minimum Gasteiger partial charge on any atom is -0.468 e. The monoisotopic (exact) mass is 281 g/mol. The number of esters is 1. The number of carbonyl (C=O) groups is 2. The summed E-state index contributed by atoms with van der Waals surface area (Å²) in [5, 5.41) is -0.308. The van der Waals surface area contributed by atoms with Crippen molar-refractivity contribution in [1.29, 1.82) is 0 Å². The quantitative estimate of drug-likeness (QED) is 0.598. The lowest BCUT2D eigenvalue weighted by Crippen LogP contribution is -2.65. The van der Waals surface area contributed by atoms with Crippen LogP contribution in [0.1, 0.15) is 0 Å². The summed E-state index contributed by atoms with van der Waals surface area (Å²) < 4.78 is 9.83. The van der Waals surface area contributed by atoms with Crippen LogP contribution in [0, 0.1) is 0 Å². The van der Waals surface area contributed by atoms with Crippen LogP contribution in [0.15, 0.2) is 35.2 Å². The highest BCUT2D eigenvalue weighted by atomic mass is 32.2. The van der Waals surface area contributed by atoms with E-state index in [0.29, 0.717) is 0 Å². The first-order valence-electron chi connectivity index (χ1n) is 5.79. The molecule has 0 aromatic heterocycles. The normalized spacial score (nSPS) is 22.0. The summed E-state index contributed by atoms with van der Waals surface area (Å²) >= 11 is 1.44. The molecule has 1 aliphatic rings. The first-order chi connectivity index (χ1) is 9.17. The predicted molar refractivity (Wildman–Crippen MR) is 70.6 cm³/mol. The molecule has 102 valence electrons. The van der Waals surface area contributed by atoms with Gasteiger partial charge < -0.3 is 14.4 Å². The Kier molecular flexibility index (Phi) is 4.44. The van der Waals surface area contributed by atoms with Gasteiger partial charge in [-0.3, -0.25) is 9.59 Å². The van der Waals surface area contributed by atoms with Gasteiger partial charge in [-0.05, 0) is 12.1 Å². The molecule has 1 aromatic carbocycles. The number of β-lactam (4-membered cyclic amide) rings is 1. The van der Waals surface area contributed by atoms with Gasteiger partial charge in [0.15, 0.2) is 6.23 Å². The number of amides is 1. The van der Waals surface area contributed by atoms with Crippen molar-refractivity contribution >= 4 is 23.6 Å². The Bertz CT molecular complexity index is 465. The summed E-state index contributed by atoms with van der Waals surface area (Å²) in [6.07, 6.45) is -0.392. The van der Waals surface area contributed by atoms with Crippen molar-refractivity contribution in [3.05, 3.63) is 30.3 Å². The zero-order valence-corrected chi connectivity index (χ0v) is 11.6. The van der Waals surface area contributed by atoms with Crippen LogP contribution in [-0.4, -0.2) is 49.0 Å². The number of ether oxygens (including phenoxy) is 2. The van der Waals surface area contributed by atoms with Gasteiger partial charge in [0.25, 0.3) is 0 Å². The van der Waals surface area contributed by atoms with Gasteiger partial charge in [0.05, 0.1) is 7.11 Å². The first kappa shape index (κ1) is 13.9. The zero-order valence-electron chi connectivity index (χ0n) is 10.7. The number of nitrogens with zero attached hydrogens (tertiary/aromatic N) is 1. The van der Waals surface area contributed by atoms with Crippen LogP contribution in [0.2, 0.25) is 0 Å². The minimum absolute atomic E-state index is 0.0698. The van der Waals surface area contributed by atoms with Gasteiger partial charge in [-0.15, -0.1) is 11.8 Å². The lowest BCUT2D eigenvalue weighted by molar-refractivity contribution is -0.173. The summed E-state index contributed by atoms with van der Waals surface area (Å²) in [4.78, 5) is 25.6. The van der Waals surface area contributed by atoms with E-state index in [1.165, 1.54) is 30.9 Å². The van der Waals surface area contributed by atoms with Gasteiger partial charge in [0.2, 0.25) is 5.91 Å². The lowest BCUT2D eigenvalue weighted by Gasteiger charge is -2.44. The molecule has 2 unspecified atom stereocenters. The molecule has 2 rings (SSSR count). The molecule has 1 amide bonds. The van der Waals surface area contributed by atoms with E-state index in [9.17, 15) is 9.59 Å². The Morgan fingerprint density at radius 1 is 1.32 bits per heavy atom. The Hall–Kier alpha value is -1.53. The summed E-state index contributed by atoms with van der Waals surface area (Å²) in [7, 11) is 2.82. The number of carbonyl (C=O) groups excluding carboxylic acids is 2. The Morgan fingerprint density at radius 3 is 2.58 bits per heavy atom. The van der Waals surface area contributed by atoms with Crippen molar-refractivity contribution in [2.45, 2.75) is 16.4 Å². The van der Waals surface area contributed by atoms with Crippen molar-refractivity contribution in [2.24, 2.45) is 0 Å². The highest BCUT2D eigenvalue weighted by Crippen LogP contribution is 2.35. The molecule has 1 aromatic rings. The molecule has 1 saturated heterocycles. The fraction of sp³-hybridized carbons (Fsp3) is 0.385. The maximum absolute atomic E-state index is 12.0. The second-order valence-electron chi connectivity index (χ2n) is 4.02. The van der Waals surface area contributed by atoms with E-state index in [-0.39, 0.29) is 17.7 Å². The highest BCUT2D eigenvalue weighted by molar-refractivity contribution is 8.00. The average molecular weight is 281 g/mol. The summed E-state index contributed by atoms with van der Waals surface area (Å²) in [6.45, 7) is -0.0698. The fourth-order valence-corrected chi connectivity index (χ4v) is 3.09. The zero-order chi connectivity index (χ0) is 13.8. The highest BCUT2D eigenvalue weighted by Gasteiger charge is 2.49. The second kappa shape index (κ2) is 6.08. The van der Waals surface area contributed by atoms with Crippen LogP contribution in [0.25, 0.3) is 0 Å². The lowest BCUT2D eigenvalue weighted by atomic mass is 10.1. The van der Waals surface area contributed by atoms with Crippen molar-refractivity contribution < 1.29 is 19.1 Å². The molecule has 0 radical (unpaired) electrons. The average Bonchev–Trinajstić information content (AvgIpc) is 2.46. The minimum atomic E-state index is -0.446. The topological polar surface area (TPSA) is 55.8 Å². The molecule has 1 aliphatic heterocycles. The van der Waals surface area contributed by atoms with E-state index in [2.05, 4.69) is 4.74 Å². The number of hydrogen-bond donors (Lipinski definition) is 0. The molecule has 2 atom stereocenters. The fourth-order valence-electron chi connectivity index (χ4n) is 1.87. The number of rotatable bonds is 5. The van der Waals surface area contributed by atoms with Crippen LogP contribution in [0.3, 0.4) is 0 Å². The van der Waals surface area contributed by atoms with E-state index < -0.39 is 12.2 Å². The molecule has 6 heteroatoms. The summed E-state index contributed by atoms with van der Waals surface area (Å²) in [5.41, 5.74) is 0. The Balaban J connectivity index is 2.00. The van der Waals surface area contributed by atoms with E-state index in [0.717, 1.165) is 4.90 Å². The Labute approximate surface area is 115 Å². The third-order valence-corrected chi connectivity index (χ3v) is 4.10. The van der Waals surface area contributed by atoms with Gasteiger partial charge in [-0.2, -0.15) is 0 Å². The van der Waals surface area contributed by atoms with E-state index in [1.54, 1.807) is 0 Å². The molecule has 1 heterocycles. The molecule has 0 bridgehead atoms. The number of thioether (sulfide) groups is 1. The molecule has 1 fully saturated rings. The Morgan fingerprint density at radius 2 is 2.00 bits per heavy atom. The molecular formula is C13H15NO4S. The maximum Gasteiger partial charge on any atom is 0.325 e. The number of benzene rings is 1. The smallest absolute Gasteiger partial charge is 0.325 e. The van der Waals surface area contributed by atoms with Crippen LogP contribution >= 0.6 is 11.8 Å². The van der Waals surface area contributed by atoms with Crippen molar-refractivity contribution in [1.82, 2.24) is 4.90 Å². The van der Waals surface area contributed by atoms with E-state index in [1.807, 2.05) is 30.3 Å². The van der Waals surface area contributed by atoms with Gasteiger partial charge in [0, 0.05) is 12.0 Å². The maximum atomic E-state index is 12.0. The van der Waals surface area contributed by atoms with Crippen molar-refractivity contribution in [2.75, 3.05) is 20.8 Å². The number of likely N-dealkylation sites (tertiary alicyclic amines) is 1. The molecule has 5 nitrogen and oxygen atoms in total. The third kappa shape index (κ3) is 2.90. The summed E-state index contributed by atoms with van der Waals surface area (Å²) in [6, 6.07) is 9.63. The number of hydrogen-bond acceptors (Lipinski definition) is 5. The van der Waals surface area contributed by atoms with Crippen LogP contribution in [-0.2, 0) is 19.1 Å². The van der Waals surface area contributed by atoms with Gasteiger partial charge in [0.1, 0.15) is 11.8 Å². The molecule has 0 spiro atoms. The molecular weight excluding hydrogens is 266 g/mol. The number of methoxy groups -OCH3 is 2. The molecule has 0 saturated carbocycles. The SMILES string of the molecule is COC(=O)CN1C(=O)C(Sc2ccccc2)C1OC. The first-order valence-corrected chi connectivity index (χ1v) is 6.67. The molecule has 19 heavy (non-hydrogen) atoms. The molecule has 0 aliphatic carbocycles. The predicted octanol–water partition coefficient (Wildman–Crippen LogP) is 1.14. The van der Waals surface area contributed by atoms with E-state index in [4.69, 9.17) is 4.74 Å².